The summed E-state index contributed by atoms with van der Waals surface area (Å²) in [6.45, 7) is 1.68. The minimum Gasteiger partial charge on any atom is -0.386 e. The summed E-state index contributed by atoms with van der Waals surface area (Å²) in [6.07, 6.45) is 0. The Labute approximate surface area is 167 Å². The highest BCUT2D eigenvalue weighted by atomic mass is 19.2. The Hall–Kier alpha value is -3.70. The van der Waals surface area contributed by atoms with E-state index in [0.717, 1.165) is 13.8 Å². The maximum Gasteiger partial charge on any atom is 0.350 e. The maximum absolute atomic E-state index is 14.8. The molecule has 0 N–H and O–H groups in total. The van der Waals surface area contributed by atoms with Crippen molar-refractivity contribution in [3.05, 3.63) is 68.3 Å². The van der Waals surface area contributed by atoms with E-state index >= 15 is 0 Å². The van der Waals surface area contributed by atoms with Crippen LogP contribution in [0.2, 0.25) is 0 Å². The normalized spacial score (nSPS) is 15.2. The molecule has 2 heterocycles. The van der Waals surface area contributed by atoms with E-state index in [1.54, 1.807) is 0 Å². The minimum atomic E-state index is -2.46. The van der Waals surface area contributed by atoms with Gasteiger partial charge in [-0.05, 0) is 0 Å². The number of esters is 4. The summed E-state index contributed by atoms with van der Waals surface area (Å²) in [6, 6.07) is 0. The van der Waals surface area contributed by atoms with Crippen molar-refractivity contribution in [1.29, 1.82) is 0 Å². The number of hydrogen-bond acceptors (Lipinski definition) is 6. The Morgan fingerprint density at radius 2 is 0.774 bits per heavy atom. The maximum atomic E-state index is 14.8. The fourth-order valence-corrected chi connectivity index (χ4v) is 3.78. The van der Waals surface area contributed by atoms with Crippen molar-refractivity contribution in [3.8, 4) is 0 Å². The molecule has 0 saturated carbocycles. The third-order valence-electron chi connectivity index (χ3n) is 5.09. The Balaban J connectivity index is 2.18. The molecule has 4 rings (SSSR count). The second kappa shape index (κ2) is 6.15. The Morgan fingerprint density at radius 3 is 1.10 bits per heavy atom. The van der Waals surface area contributed by atoms with E-state index in [1.807, 2.05) is 0 Å². The second-order valence-electron chi connectivity index (χ2n) is 7.11. The number of benzene rings is 2. The van der Waals surface area contributed by atoms with Gasteiger partial charge >= 0.3 is 23.9 Å². The number of carbonyl (C=O) groups excluding carboxylic acids is 4. The molecule has 12 heteroatoms. The third-order valence-corrected chi connectivity index (χ3v) is 5.09. The summed E-state index contributed by atoms with van der Waals surface area (Å²) in [5.74, 6) is -19.4. The van der Waals surface area contributed by atoms with E-state index in [2.05, 4.69) is 9.47 Å². The average Bonchev–Trinajstić information content (AvgIpc) is 3.13. The van der Waals surface area contributed by atoms with Crippen LogP contribution in [0.5, 0.6) is 0 Å². The molecule has 31 heavy (non-hydrogen) atoms. The summed E-state index contributed by atoms with van der Waals surface area (Å²) >= 11 is 0. The topological polar surface area (TPSA) is 86.7 Å². The fraction of sp³-hybridized carbons (Fsp3) is 0.158. The Bertz CT molecular complexity index is 1200. The molecule has 0 unspecified atom stereocenters. The molecule has 0 radical (unpaired) electrons. The smallest absolute Gasteiger partial charge is 0.350 e. The summed E-state index contributed by atoms with van der Waals surface area (Å²) < 4.78 is 94.7. The van der Waals surface area contributed by atoms with Gasteiger partial charge in [0, 0.05) is 16.5 Å². The number of halogens is 6. The zero-order chi connectivity index (χ0) is 23.2. The van der Waals surface area contributed by atoms with Crippen LogP contribution in [0.25, 0.3) is 0 Å². The van der Waals surface area contributed by atoms with Crippen LogP contribution in [0, 0.1) is 34.9 Å². The van der Waals surface area contributed by atoms with Gasteiger partial charge < -0.3 is 9.47 Å². The first kappa shape index (κ1) is 20.6. The number of rotatable bonds is 2. The van der Waals surface area contributed by atoms with Gasteiger partial charge in [0.05, 0.1) is 11.1 Å². The lowest BCUT2D eigenvalue weighted by Gasteiger charge is -2.29. The van der Waals surface area contributed by atoms with Gasteiger partial charge in [0.1, 0.15) is 11.1 Å². The number of carbonyl (C=O) groups is 4. The third kappa shape index (κ3) is 2.41. The van der Waals surface area contributed by atoms with Gasteiger partial charge in [-0.15, -0.1) is 0 Å². The van der Waals surface area contributed by atoms with E-state index in [1.165, 1.54) is 0 Å². The van der Waals surface area contributed by atoms with Crippen molar-refractivity contribution in [3.63, 3.8) is 0 Å². The predicted octanol–water partition coefficient (Wildman–Crippen LogP) is 3.47. The fourth-order valence-electron chi connectivity index (χ4n) is 3.78. The van der Waals surface area contributed by atoms with E-state index in [-0.39, 0.29) is 0 Å². The standard InChI is InChI=1S/C19H6F6O6/c1-19(2,7-3-5(17(28)30-15(3)26)9(20)13(24)11(7)22)8-4-6(18(29)31-16(4)27)10(21)14(25)12(8)23/h1-2H3. The molecule has 0 aromatic heterocycles. The summed E-state index contributed by atoms with van der Waals surface area (Å²) in [5, 5.41) is 0. The molecule has 2 aromatic rings. The summed E-state index contributed by atoms with van der Waals surface area (Å²) in [4.78, 5) is 47.6. The van der Waals surface area contributed by atoms with E-state index in [9.17, 15) is 45.5 Å². The number of ether oxygens (including phenoxy) is 2. The lowest BCUT2D eigenvalue weighted by atomic mass is 9.72. The molecule has 0 fully saturated rings. The highest BCUT2D eigenvalue weighted by molar-refractivity contribution is 6.17. The monoisotopic (exact) mass is 444 g/mol. The molecule has 2 aliphatic heterocycles. The molecule has 2 aromatic carbocycles. The average molecular weight is 444 g/mol. The van der Waals surface area contributed by atoms with Crippen molar-refractivity contribution >= 4 is 23.9 Å². The first-order chi connectivity index (χ1) is 14.3. The Morgan fingerprint density at radius 1 is 0.484 bits per heavy atom. The van der Waals surface area contributed by atoms with Gasteiger partial charge in [-0.1, -0.05) is 13.8 Å². The van der Waals surface area contributed by atoms with Gasteiger partial charge in [-0.25, -0.2) is 45.5 Å². The molecular formula is C19H6F6O6. The second-order valence-corrected chi connectivity index (χ2v) is 7.11. The highest BCUT2D eigenvalue weighted by Gasteiger charge is 2.49. The van der Waals surface area contributed by atoms with Gasteiger partial charge in [-0.2, -0.15) is 0 Å². The molecule has 0 amide bonds. The first-order valence-corrected chi connectivity index (χ1v) is 8.27. The lowest BCUT2D eigenvalue weighted by Crippen LogP contribution is -2.30. The van der Waals surface area contributed by atoms with Crippen LogP contribution in [0.3, 0.4) is 0 Å². The van der Waals surface area contributed by atoms with E-state index in [4.69, 9.17) is 0 Å². The zero-order valence-electron chi connectivity index (χ0n) is 15.2. The molecule has 0 spiro atoms. The number of fused-ring (bicyclic) bond motifs is 2. The van der Waals surface area contributed by atoms with Gasteiger partial charge in [0.2, 0.25) is 0 Å². The predicted molar refractivity (Wildman–Crippen MR) is 84.3 cm³/mol. The van der Waals surface area contributed by atoms with Crippen LogP contribution in [0.4, 0.5) is 26.3 Å². The largest absolute Gasteiger partial charge is 0.386 e. The quantitative estimate of drug-likeness (QED) is 0.305. The van der Waals surface area contributed by atoms with Crippen LogP contribution < -0.4 is 0 Å². The molecule has 0 atom stereocenters. The van der Waals surface area contributed by atoms with Crippen LogP contribution >= 0.6 is 0 Å². The lowest BCUT2D eigenvalue weighted by molar-refractivity contribution is 0.0424. The van der Waals surface area contributed by atoms with Gasteiger partial charge in [0.25, 0.3) is 0 Å². The van der Waals surface area contributed by atoms with Crippen LogP contribution in [0.15, 0.2) is 0 Å². The number of hydrogen-bond donors (Lipinski definition) is 0. The van der Waals surface area contributed by atoms with Crippen molar-refractivity contribution < 1.29 is 55.0 Å². The van der Waals surface area contributed by atoms with Crippen molar-refractivity contribution in [2.75, 3.05) is 0 Å². The van der Waals surface area contributed by atoms with E-state index < -0.39 is 97.6 Å². The molecule has 2 aliphatic rings. The molecule has 6 nitrogen and oxygen atoms in total. The van der Waals surface area contributed by atoms with Gasteiger partial charge in [0.15, 0.2) is 34.9 Å². The number of cyclic esters (lactones) is 4. The van der Waals surface area contributed by atoms with Crippen LogP contribution in [-0.2, 0) is 14.9 Å². The minimum absolute atomic E-state index is 0.839. The zero-order valence-corrected chi connectivity index (χ0v) is 15.2. The van der Waals surface area contributed by atoms with Gasteiger partial charge in [-0.3, -0.25) is 0 Å². The van der Waals surface area contributed by atoms with Crippen molar-refractivity contribution in [2.24, 2.45) is 0 Å². The summed E-state index contributed by atoms with van der Waals surface area (Å²) in [7, 11) is 0. The Kier molecular flexibility index (Phi) is 4.08. The van der Waals surface area contributed by atoms with E-state index in [0.29, 0.717) is 0 Å². The van der Waals surface area contributed by atoms with Crippen molar-refractivity contribution in [2.45, 2.75) is 19.3 Å². The first-order valence-electron chi connectivity index (χ1n) is 8.27. The van der Waals surface area contributed by atoms with Crippen LogP contribution in [-0.4, -0.2) is 23.9 Å². The summed E-state index contributed by atoms with van der Waals surface area (Å²) in [5.41, 5.74) is -9.70. The molecular weight excluding hydrogens is 438 g/mol. The highest BCUT2D eigenvalue weighted by Crippen LogP contribution is 2.45. The SMILES string of the molecule is CC(C)(c1c(F)c(F)c(F)c2c1C(=O)OC2=O)c1c(F)c(F)c(F)c2c1C(=O)OC2=O. The van der Waals surface area contributed by atoms with Crippen molar-refractivity contribution in [1.82, 2.24) is 0 Å². The molecule has 0 bridgehead atoms. The molecule has 0 aliphatic carbocycles. The van der Waals surface area contributed by atoms with Crippen LogP contribution in [0.1, 0.15) is 66.4 Å². The molecule has 0 saturated heterocycles. The molecule has 160 valence electrons.